The smallest absolute Gasteiger partial charge is 0.264 e. The predicted molar refractivity (Wildman–Crippen MR) is 95.2 cm³/mol. The van der Waals surface area contributed by atoms with Crippen molar-refractivity contribution in [3.8, 4) is 0 Å². The lowest BCUT2D eigenvalue weighted by Gasteiger charge is -2.29. The van der Waals surface area contributed by atoms with Crippen molar-refractivity contribution in [3.63, 3.8) is 0 Å². The lowest BCUT2D eigenvalue weighted by Crippen LogP contribution is -2.44. The molecule has 0 unspecified atom stereocenters. The average molecular weight is 356 g/mol. The third-order valence-corrected chi connectivity index (χ3v) is 5.03. The molecule has 1 saturated carbocycles. The highest BCUT2D eigenvalue weighted by atomic mass is 19.1. The summed E-state index contributed by atoms with van der Waals surface area (Å²) in [6, 6.07) is 1.34. The Kier molecular flexibility index (Phi) is 3.33. The first-order chi connectivity index (χ1) is 12.6. The third-order valence-electron chi connectivity index (χ3n) is 5.03. The maximum absolute atomic E-state index is 14.8. The van der Waals surface area contributed by atoms with E-state index in [-0.39, 0.29) is 22.6 Å². The number of rotatable bonds is 2. The number of anilines is 1. The number of hydrogen-bond acceptors (Lipinski definition) is 6. The standard InChI is InChI=1S/C17H17FN6O2/c18-11-7-10-13(25)12-16(20-8-21-17(12)26)24(9-1-2-9)14(10)22-15(11)23-5-3-19-4-6-23/h7-9,19H,1-6H2,(H,20,21,26). The zero-order valence-corrected chi connectivity index (χ0v) is 14.0. The molecule has 1 aliphatic carbocycles. The average Bonchev–Trinajstić information content (AvgIpc) is 3.48. The van der Waals surface area contributed by atoms with E-state index in [1.54, 1.807) is 0 Å². The molecule has 2 fully saturated rings. The first-order valence-corrected chi connectivity index (χ1v) is 8.73. The van der Waals surface area contributed by atoms with E-state index in [1.807, 2.05) is 9.47 Å². The molecule has 3 aromatic heterocycles. The summed E-state index contributed by atoms with van der Waals surface area (Å²) in [5, 5.41) is 3.31. The van der Waals surface area contributed by atoms with Gasteiger partial charge < -0.3 is 19.8 Å². The van der Waals surface area contributed by atoms with Gasteiger partial charge >= 0.3 is 0 Å². The van der Waals surface area contributed by atoms with Crippen molar-refractivity contribution in [2.45, 2.75) is 18.9 Å². The number of H-pyrrole nitrogens is 1. The van der Waals surface area contributed by atoms with E-state index in [0.29, 0.717) is 24.4 Å². The Bertz CT molecular complexity index is 1140. The minimum Gasteiger partial charge on any atom is -0.352 e. The second kappa shape index (κ2) is 5.60. The van der Waals surface area contributed by atoms with Gasteiger partial charge in [-0.05, 0) is 18.9 Å². The van der Waals surface area contributed by atoms with E-state index < -0.39 is 16.8 Å². The molecule has 0 spiro atoms. The molecular formula is C17H17FN6O2. The topological polar surface area (TPSA) is 95.9 Å². The molecule has 0 radical (unpaired) electrons. The highest BCUT2D eigenvalue weighted by molar-refractivity contribution is 5.90. The molecule has 8 nitrogen and oxygen atoms in total. The van der Waals surface area contributed by atoms with Crippen molar-refractivity contribution in [3.05, 3.63) is 38.8 Å². The van der Waals surface area contributed by atoms with Crippen LogP contribution < -0.4 is 21.2 Å². The van der Waals surface area contributed by atoms with E-state index in [4.69, 9.17) is 0 Å². The van der Waals surface area contributed by atoms with Crippen LogP contribution in [0.5, 0.6) is 0 Å². The molecule has 2 N–H and O–H groups in total. The van der Waals surface area contributed by atoms with Crippen molar-refractivity contribution in [1.82, 2.24) is 24.8 Å². The fourth-order valence-corrected chi connectivity index (χ4v) is 3.61. The van der Waals surface area contributed by atoms with E-state index in [2.05, 4.69) is 20.3 Å². The highest BCUT2D eigenvalue weighted by Gasteiger charge is 2.30. The van der Waals surface area contributed by atoms with Crippen LogP contribution in [0.2, 0.25) is 0 Å². The molecular weight excluding hydrogens is 339 g/mol. The second-order valence-corrected chi connectivity index (χ2v) is 6.76. The number of halogens is 1. The minimum absolute atomic E-state index is 0.0389. The fourth-order valence-electron chi connectivity index (χ4n) is 3.61. The van der Waals surface area contributed by atoms with E-state index in [9.17, 15) is 14.0 Å². The largest absolute Gasteiger partial charge is 0.352 e. The number of hydrogen-bond donors (Lipinski definition) is 2. The van der Waals surface area contributed by atoms with Gasteiger partial charge in [0.2, 0.25) is 5.43 Å². The number of aromatic nitrogens is 4. The van der Waals surface area contributed by atoms with Gasteiger partial charge in [0.05, 0.1) is 11.7 Å². The van der Waals surface area contributed by atoms with Gasteiger partial charge in [0.15, 0.2) is 17.3 Å². The number of aromatic amines is 1. The van der Waals surface area contributed by atoms with Crippen LogP contribution in [0.4, 0.5) is 10.2 Å². The maximum Gasteiger partial charge on any atom is 0.264 e. The van der Waals surface area contributed by atoms with Crippen molar-refractivity contribution >= 4 is 27.9 Å². The Labute approximate surface area is 146 Å². The molecule has 5 rings (SSSR count). The summed E-state index contributed by atoms with van der Waals surface area (Å²) in [6.07, 6.45) is 3.13. The normalized spacial score (nSPS) is 18.0. The molecule has 4 heterocycles. The quantitative estimate of drug-likeness (QED) is 0.650. The molecule has 0 bridgehead atoms. The molecule has 1 aliphatic heterocycles. The molecule has 26 heavy (non-hydrogen) atoms. The zero-order chi connectivity index (χ0) is 17.8. The van der Waals surface area contributed by atoms with Crippen LogP contribution in [0, 0.1) is 5.82 Å². The Hall–Kier alpha value is -2.81. The van der Waals surface area contributed by atoms with Gasteiger partial charge in [0, 0.05) is 32.2 Å². The Balaban J connectivity index is 1.88. The summed E-state index contributed by atoms with van der Waals surface area (Å²) in [6.45, 7) is 2.80. The van der Waals surface area contributed by atoms with Crippen LogP contribution in [-0.4, -0.2) is 45.7 Å². The highest BCUT2D eigenvalue weighted by Crippen LogP contribution is 2.38. The Morgan fingerprint density at radius 3 is 2.65 bits per heavy atom. The molecule has 2 aliphatic rings. The van der Waals surface area contributed by atoms with Crippen molar-refractivity contribution in [1.29, 1.82) is 0 Å². The third kappa shape index (κ3) is 2.23. The molecule has 1 saturated heterocycles. The summed E-state index contributed by atoms with van der Waals surface area (Å²) >= 11 is 0. The molecule has 3 aromatic rings. The number of nitrogens with one attached hydrogen (secondary N) is 2. The maximum atomic E-state index is 14.8. The molecule has 9 heteroatoms. The molecule has 0 aromatic carbocycles. The van der Waals surface area contributed by atoms with Gasteiger partial charge in [-0.2, -0.15) is 0 Å². The first-order valence-electron chi connectivity index (χ1n) is 8.73. The summed E-state index contributed by atoms with van der Waals surface area (Å²) in [5.41, 5.74) is -0.320. The van der Waals surface area contributed by atoms with Crippen molar-refractivity contribution < 1.29 is 4.39 Å². The van der Waals surface area contributed by atoms with Crippen LogP contribution in [0.15, 0.2) is 22.0 Å². The number of pyridine rings is 2. The van der Waals surface area contributed by atoms with Crippen LogP contribution >= 0.6 is 0 Å². The lowest BCUT2D eigenvalue weighted by atomic mass is 10.2. The fraction of sp³-hybridized carbons (Fsp3) is 0.412. The molecule has 134 valence electrons. The Morgan fingerprint density at radius 2 is 1.92 bits per heavy atom. The molecule has 0 amide bonds. The van der Waals surface area contributed by atoms with E-state index in [0.717, 1.165) is 25.9 Å². The lowest BCUT2D eigenvalue weighted by molar-refractivity contribution is 0.559. The van der Waals surface area contributed by atoms with Gasteiger partial charge in [-0.1, -0.05) is 0 Å². The summed E-state index contributed by atoms with van der Waals surface area (Å²) in [4.78, 5) is 38.1. The van der Waals surface area contributed by atoms with E-state index >= 15 is 0 Å². The summed E-state index contributed by atoms with van der Waals surface area (Å²) in [7, 11) is 0. The zero-order valence-electron chi connectivity index (χ0n) is 14.0. The van der Waals surface area contributed by atoms with Crippen molar-refractivity contribution in [2.24, 2.45) is 0 Å². The monoisotopic (exact) mass is 356 g/mol. The van der Waals surface area contributed by atoms with Crippen molar-refractivity contribution in [2.75, 3.05) is 31.1 Å². The van der Waals surface area contributed by atoms with Gasteiger partial charge in [0.1, 0.15) is 11.0 Å². The summed E-state index contributed by atoms with van der Waals surface area (Å²) < 4.78 is 16.6. The molecule has 0 atom stereocenters. The number of piperazine rings is 1. The van der Waals surface area contributed by atoms with Gasteiger partial charge in [0.25, 0.3) is 5.56 Å². The van der Waals surface area contributed by atoms with Crippen LogP contribution in [0.3, 0.4) is 0 Å². The SMILES string of the molecule is O=c1[nH]cnc2c1c(=O)c1cc(F)c(N3CCNCC3)nc1n2C1CC1. The second-order valence-electron chi connectivity index (χ2n) is 6.76. The summed E-state index contributed by atoms with van der Waals surface area (Å²) in [5.74, 6) is -0.296. The van der Waals surface area contributed by atoms with E-state index in [1.165, 1.54) is 12.4 Å². The van der Waals surface area contributed by atoms with Gasteiger partial charge in [-0.15, -0.1) is 0 Å². The Morgan fingerprint density at radius 1 is 1.15 bits per heavy atom. The van der Waals surface area contributed by atoms with Crippen LogP contribution in [0.1, 0.15) is 18.9 Å². The first kappa shape index (κ1) is 15.4. The van der Waals surface area contributed by atoms with Crippen LogP contribution in [0.25, 0.3) is 22.1 Å². The minimum atomic E-state index is -0.543. The predicted octanol–water partition coefficient (Wildman–Crippen LogP) is 0.517. The van der Waals surface area contributed by atoms with Crippen LogP contribution in [-0.2, 0) is 0 Å². The number of nitrogens with zero attached hydrogens (tertiary/aromatic N) is 4. The van der Waals surface area contributed by atoms with Gasteiger partial charge in [-0.3, -0.25) is 9.59 Å². The van der Waals surface area contributed by atoms with Gasteiger partial charge in [-0.25, -0.2) is 14.4 Å². The number of fused-ring (bicyclic) bond motifs is 2.